The number of aromatic hydroxyl groups is 1. The van der Waals surface area contributed by atoms with E-state index in [4.69, 9.17) is 9.84 Å². The molecule has 0 saturated carbocycles. The number of ether oxygens (including phenoxy) is 1. The molecule has 1 rings (SSSR count). The van der Waals surface area contributed by atoms with Crippen molar-refractivity contribution in [2.45, 2.75) is 20.3 Å². The summed E-state index contributed by atoms with van der Waals surface area (Å²) in [5, 5.41) is 18.6. The van der Waals surface area contributed by atoms with Gasteiger partial charge in [0.05, 0.1) is 12.2 Å². The van der Waals surface area contributed by atoms with Gasteiger partial charge in [0.2, 0.25) is 0 Å². The first kappa shape index (κ1) is 15.8. The maximum Gasteiger partial charge on any atom is 0.341 e. The number of phenols is 1. The fraction of sp³-hybridized carbons (Fsp3) is 0.357. The number of aliphatic hydroxyl groups is 1. The largest absolute Gasteiger partial charge is 0.506 e. The van der Waals surface area contributed by atoms with Gasteiger partial charge in [0.1, 0.15) is 11.3 Å². The van der Waals surface area contributed by atoms with Crippen LogP contribution in [0.2, 0.25) is 0 Å². The number of esters is 1. The molecule has 0 spiro atoms. The minimum atomic E-state index is -0.812. The van der Waals surface area contributed by atoms with Crippen LogP contribution in [0.25, 0.3) is 0 Å². The lowest BCUT2D eigenvalue weighted by molar-refractivity contribution is 0.0478. The Labute approximate surface area is 116 Å². The smallest absolute Gasteiger partial charge is 0.341 e. The van der Waals surface area contributed by atoms with Crippen molar-refractivity contribution in [3.63, 3.8) is 0 Å². The van der Waals surface area contributed by atoms with Gasteiger partial charge in [-0.1, -0.05) is 0 Å². The number of rotatable bonds is 6. The Morgan fingerprint density at radius 3 is 2.20 bits per heavy atom. The van der Waals surface area contributed by atoms with Crippen LogP contribution in [-0.2, 0) is 4.74 Å². The highest BCUT2D eigenvalue weighted by atomic mass is 16.5. The number of hydrogen-bond acceptors (Lipinski definition) is 6. The standard InChI is InChI=1S/C14H16O6/c1-8(16)10-4-5-11(13(18)12(10)9(2)17)14(19)20-7-3-6-15/h4-5,15,18H,3,6-7H2,1-2H3. The minimum Gasteiger partial charge on any atom is -0.506 e. The van der Waals surface area contributed by atoms with Crippen molar-refractivity contribution in [3.05, 3.63) is 28.8 Å². The summed E-state index contributed by atoms with van der Waals surface area (Å²) < 4.78 is 4.83. The molecule has 0 bridgehead atoms. The van der Waals surface area contributed by atoms with Gasteiger partial charge in [-0.25, -0.2) is 4.79 Å². The van der Waals surface area contributed by atoms with Gasteiger partial charge in [-0.2, -0.15) is 0 Å². The molecule has 6 nitrogen and oxygen atoms in total. The third-order valence-corrected chi connectivity index (χ3v) is 2.66. The summed E-state index contributed by atoms with van der Waals surface area (Å²) in [6, 6.07) is 2.54. The van der Waals surface area contributed by atoms with Crippen molar-refractivity contribution in [2.24, 2.45) is 0 Å². The molecule has 0 radical (unpaired) electrons. The number of carbonyl (C=O) groups is 3. The topological polar surface area (TPSA) is 101 Å². The average molecular weight is 280 g/mol. The highest BCUT2D eigenvalue weighted by molar-refractivity contribution is 6.11. The third-order valence-electron chi connectivity index (χ3n) is 2.66. The van der Waals surface area contributed by atoms with E-state index in [1.165, 1.54) is 26.0 Å². The molecule has 0 aromatic heterocycles. The number of hydrogen-bond donors (Lipinski definition) is 2. The third kappa shape index (κ3) is 3.42. The maximum atomic E-state index is 11.7. The molecule has 1 aromatic carbocycles. The average Bonchev–Trinajstić information content (AvgIpc) is 2.37. The Kier molecular flexibility index (Phi) is 5.40. The van der Waals surface area contributed by atoms with Crippen molar-refractivity contribution < 1.29 is 29.3 Å². The van der Waals surface area contributed by atoms with E-state index >= 15 is 0 Å². The van der Waals surface area contributed by atoms with Crippen LogP contribution in [0.5, 0.6) is 5.75 Å². The molecule has 108 valence electrons. The van der Waals surface area contributed by atoms with E-state index in [0.29, 0.717) is 0 Å². The lowest BCUT2D eigenvalue weighted by Crippen LogP contribution is -2.12. The predicted octanol–water partition coefficient (Wildman–Crippen LogP) is 1.34. The van der Waals surface area contributed by atoms with E-state index in [2.05, 4.69) is 0 Å². The van der Waals surface area contributed by atoms with Crippen molar-refractivity contribution >= 4 is 17.5 Å². The second-order valence-corrected chi connectivity index (χ2v) is 4.21. The van der Waals surface area contributed by atoms with Gasteiger partial charge in [-0.15, -0.1) is 0 Å². The monoisotopic (exact) mass is 280 g/mol. The summed E-state index contributed by atoms with van der Waals surface area (Å²) in [6.45, 7) is 2.34. The second kappa shape index (κ2) is 6.81. The van der Waals surface area contributed by atoms with E-state index in [9.17, 15) is 19.5 Å². The van der Waals surface area contributed by atoms with Crippen LogP contribution < -0.4 is 0 Å². The number of carbonyl (C=O) groups excluding carboxylic acids is 3. The van der Waals surface area contributed by atoms with Crippen LogP contribution in [0.15, 0.2) is 12.1 Å². The summed E-state index contributed by atoms with van der Waals surface area (Å²) in [6.07, 6.45) is 0.275. The van der Waals surface area contributed by atoms with Gasteiger partial charge < -0.3 is 14.9 Å². The number of Topliss-reactive ketones (excluding diaryl/α,β-unsaturated/α-hetero) is 2. The van der Waals surface area contributed by atoms with E-state index in [0.717, 1.165) is 0 Å². The normalized spacial score (nSPS) is 10.2. The Bertz CT molecular complexity index is 547. The van der Waals surface area contributed by atoms with Crippen molar-refractivity contribution in [3.8, 4) is 5.75 Å². The maximum absolute atomic E-state index is 11.7. The molecule has 0 fully saturated rings. The van der Waals surface area contributed by atoms with Gasteiger partial charge in [-0.05, 0) is 26.0 Å². The molecule has 0 aliphatic heterocycles. The molecule has 1 aromatic rings. The molecule has 0 atom stereocenters. The Hall–Kier alpha value is -2.21. The zero-order valence-corrected chi connectivity index (χ0v) is 11.3. The first-order valence-corrected chi connectivity index (χ1v) is 6.06. The zero-order chi connectivity index (χ0) is 15.3. The van der Waals surface area contributed by atoms with E-state index in [-0.39, 0.29) is 42.1 Å². The van der Waals surface area contributed by atoms with Crippen LogP contribution in [0.3, 0.4) is 0 Å². The van der Waals surface area contributed by atoms with Gasteiger partial charge in [0.25, 0.3) is 0 Å². The van der Waals surface area contributed by atoms with Crippen LogP contribution in [0.1, 0.15) is 51.3 Å². The molecule has 20 heavy (non-hydrogen) atoms. The molecule has 2 N–H and O–H groups in total. The number of aliphatic hydroxyl groups excluding tert-OH is 1. The van der Waals surface area contributed by atoms with Gasteiger partial charge in [-0.3, -0.25) is 9.59 Å². The summed E-state index contributed by atoms with van der Waals surface area (Å²) in [4.78, 5) is 34.7. The highest BCUT2D eigenvalue weighted by Crippen LogP contribution is 2.27. The fourth-order valence-electron chi connectivity index (χ4n) is 1.71. The van der Waals surface area contributed by atoms with Crippen molar-refractivity contribution in [2.75, 3.05) is 13.2 Å². The number of benzene rings is 1. The summed E-state index contributed by atoms with van der Waals surface area (Å²) in [5.74, 6) is -2.27. The summed E-state index contributed by atoms with van der Waals surface area (Å²) in [5.41, 5.74) is -0.311. The van der Waals surface area contributed by atoms with E-state index in [1.807, 2.05) is 0 Å². The molecule has 0 unspecified atom stereocenters. The van der Waals surface area contributed by atoms with Gasteiger partial charge in [0.15, 0.2) is 11.6 Å². The molecular formula is C14H16O6. The number of phenolic OH excluding ortho intramolecular Hbond substituents is 1. The lowest BCUT2D eigenvalue weighted by Gasteiger charge is -2.11. The first-order valence-electron chi connectivity index (χ1n) is 6.06. The van der Waals surface area contributed by atoms with E-state index < -0.39 is 17.5 Å². The molecule has 6 heteroatoms. The fourth-order valence-corrected chi connectivity index (χ4v) is 1.71. The molecule has 0 aliphatic rings. The summed E-state index contributed by atoms with van der Waals surface area (Å²) >= 11 is 0. The highest BCUT2D eigenvalue weighted by Gasteiger charge is 2.22. The SMILES string of the molecule is CC(=O)c1ccc(C(=O)OCCCO)c(O)c1C(C)=O. The Balaban J connectivity index is 3.17. The minimum absolute atomic E-state index is 0.00135. The number of ketones is 2. The predicted molar refractivity (Wildman–Crippen MR) is 70.1 cm³/mol. The van der Waals surface area contributed by atoms with Crippen molar-refractivity contribution in [1.29, 1.82) is 0 Å². The quantitative estimate of drug-likeness (QED) is 0.463. The van der Waals surface area contributed by atoms with Crippen molar-refractivity contribution in [1.82, 2.24) is 0 Å². The van der Waals surface area contributed by atoms with Gasteiger partial charge >= 0.3 is 5.97 Å². The Morgan fingerprint density at radius 1 is 1.10 bits per heavy atom. The Morgan fingerprint density at radius 2 is 1.70 bits per heavy atom. The summed E-state index contributed by atoms with van der Waals surface area (Å²) in [7, 11) is 0. The van der Waals surface area contributed by atoms with Crippen LogP contribution >= 0.6 is 0 Å². The van der Waals surface area contributed by atoms with Crippen LogP contribution in [0.4, 0.5) is 0 Å². The molecule has 0 saturated heterocycles. The van der Waals surface area contributed by atoms with Crippen LogP contribution in [-0.4, -0.2) is 41.0 Å². The van der Waals surface area contributed by atoms with E-state index in [1.54, 1.807) is 0 Å². The molecule has 0 aliphatic carbocycles. The second-order valence-electron chi connectivity index (χ2n) is 4.21. The molecule has 0 heterocycles. The van der Waals surface area contributed by atoms with Crippen LogP contribution in [0, 0.1) is 0 Å². The van der Waals surface area contributed by atoms with Gasteiger partial charge in [0, 0.05) is 18.6 Å². The lowest BCUT2D eigenvalue weighted by atomic mass is 9.97. The zero-order valence-electron chi connectivity index (χ0n) is 11.3. The first-order chi connectivity index (χ1) is 9.40. The molecular weight excluding hydrogens is 264 g/mol. The molecule has 0 amide bonds.